The fourth-order valence-electron chi connectivity index (χ4n) is 1.36. The lowest BCUT2D eigenvalue weighted by Gasteiger charge is -2.17. The van der Waals surface area contributed by atoms with Gasteiger partial charge in [-0.05, 0) is 31.4 Å². The van der Waals surface area contributed by atoms with Crippen molar-refractivity contribution in [2.24, 2.45) is 0 Å². The minimum atomic E-state index is -0.449. The Morgan fingerprint density at radius 1 is 1.33 bits per heavy atom. The number of halogens is 1. The van der Waals surface area contributed by atoms with Crippen LogP contribution in [0, 0.1) is 5.95 Å². The number of aromatic nitrogens is 1. The van der Waals surface area contributed by atoms with Gasteiger partial charge in [-0.1, -0.05) is 6.07 Å². The first-order valence-electron chi connectivity index (χ1n) is 5.18. The Morgan fingerprint density at radius 2 is 2.13 bits per heavy atom. The molecule has 0 saturated carbocycles. The van der Waals surface area contributed by atoms with Crippen LogP contribution in [0.1, 0.15) is 19.3 Å². The maximum atomic E-state index is 12.8. The van der Waals surface area contributed by atoms with Crippen LogP contribution >= 0.6 is 0 Å². The number of rotatable bonds is 6. The van der Waals surface area contributed by atoms with Crippen molar-refractivity contribution in [2.45, 2.75) is 19.3 Å². The van der Waals surface area contributed by atoms with Crippen LogP contribution in [0.15, 0.2) is 18.2 Å². The van der Waals surface area contributed by atoms with E-state index in [1.165, 1.54) is 6.07 Å². The number of aliphatic hydroxyl groups excluding tert-OH is 1. The molecule has 0 aliphatic heterocycles. The second kappa shape index (κ2) is 6.35. The first-order valence-corrected chi connectivity index (χ1v) is 5.18. The van der Waals surface area contributed by atoms with Gasteiger partial charge in [0.1, 0.15) is 5.82 Å². The Morgan fingerprint density at radius 3 is 2.80 bits per heavy atom. The quantitative estimate of drug-likeness (QED) is 0.577. The standard InChI is InChI=1S/C11H17FN2O/c1-14(8-3-2-4-9-15)11-7-5-6-10(12)13-11/h5-7,15H,2-4,8-9H2,1H3. The Balaban J connectivity index is 2.36. The van der Waals surface area contributed by atoms with Crippen molar-refractivity contribution in [1.82, 2.24) is 4.98 Å². The van der Waals surface area contributed by atoms with Gasteiger partial charge in [0.2, 0.25) is 5.95 Å². The van der Waals surface area contributed by atoms with Crippen LogP contribution in [-0.2, 0) is 0 Å². The van der Waals surface area contributed by atoms with Gasteiger partial charge in [-0.15, -0.1) is 0 Å². The van der Waals surface area contributed by atoms with E-state index in [2.05, 4.69) is 4.98 Å². The molecule has 1 heterocycles. The van der Waals surface area contributed by atoms with Crippen molar-refractivity contribution in [2.75, 3.05) is 25.1 Å². The van der Waals surface area contributed by atoms with E-state index in [0.29, 0.717) is 5.82 Å². The van der Waals surface area contributed by atoms with E-state index in [1.54, 1.807) is 12.1 Å². The van der Waals surface area contributed by atoms with E-state index in [-0.39, 0.29) is 6.61 Å². The van der Waals surface area contributed by atoms with E-state index in [4.69, 9.17) is 5.11 Å². The van der Waals surface area contributed by atoms with Crippen LogP contribution in [0.25, 0.3) is 0 Å². The molecule has 0 aliphatic carbocycles. The third kappa shape index (κ3) is 4.25. The maximum Gasteiger partial charge on any atom is 0.214 e. The number of pyridine rings is 1. The topological polar surface area (TPSA) is 36.4 Å². The summed E-state index contributed by atoms with van der Waals surface area (Å²) in [6.45, 7) is 1.07. The third-order valence-electron chi connectivity index (χ3n) is 2.24. The molecule has 0 radical (unpaired) electrons. The van der Waals surface area contributed by atoms with Crippen molar-refractivity contribution >= 4 is 5.82 Å². The normalized spacial score (nSPS) is 10.3. The smallest absolute Gasteiger partial charge is 0.214 e. The van der Waals surface area contributed by atoms with Crippen LogP contribution in [0.4, 0.5) is 10.2 Å². The molecule has 0 bridgehead atoms. The molecular weight excluding hydrogens is 195 g/mol. The molecule has 15 heavy (non-hydrogen) atoms. The van der Waals surface area contributed by atoms with Crippen LogP contribution in [0.2, 0.25) is 0 Å². The average Bonchev–Trinajstić information content (AvgIpc) is 2.24. The zero-order valence-corrected chi connectivity index (χ0v) is 8.99. The summed E-state index contributed by atoms with van der Waals surface area (Å²) in [5.74, 6) is 0.203. The van der Waals surface area contributed by atoms with Gasteiger partial charge in [-0.25, -0.2) is 4.98 Å². The summed E-state index contributed by atoms with van der Waals surface area (Å²) in [4.78, 5) is 5.70. The second-order valence-corrected chi connectivity index (χ2v) is 3.52. The molecule has 0 atom stereocenters. The summed E-state index contributed by atoms with van der Waals surface area (Å²) >= 11 is 0. The molecular formula is C11H17FN2O. The molecule has 0 aliphatic rings. The zero-order valence-electron chi connectivity index (χ0n) is 8.99. The molecule has 1 N–H and O–H groups in total. The molecule has 3 nitrogen and oxygen atoms in total. The first kappa shape index (κ1) is 11.9. The van der Waals surface area contributed by atoms with E-state index in [1.807, 2.05) is 11.9 Å². The highest BCUT2D eigenvalue weighted by Gasteiger charge is 2.02. The van der Waals surface area contributed by atoms with Crippen molar-refractivity contribution in [3.05, 3.63) is 24.1 Å². The zero-order chi connectivity index (χ0) is 11.1. The van der Waals surface area contributed by atoms with E-state index >= 15 is 0 Å². The molecule has 0 fully saturated rings. The third-order valence-corrected chi connectivity index (χ3v) is 2.24. The van der Waals surface area contributed by atoms with E-state index < -0.39 is 5.95 Å². The van der Waals surface area contributed by atoms with Gasteiger partial charge >= 0.3 is 0 Å². The number of anilines is 1. The van der Waals surface area contributed by atoms with Gasteiger partial charge in [0.25, 0.3) is 0 Å². The SMILES string of the molecule is CN(CCCCCO)c1cccc(F)n1. The Bertz CT molecular complexity index is 294. The highest BCUT2D eigenvalue weighted by Crippen LogP contribution is 2.09. The van der Waals surface area contributed by atoms with Gasteiger partial charge < -0.3 is 10.0 Å². The second-order valence-electron chi connectivity index (χ2n) is 3.52. The highest BCUT2D eigenvalue weighted by atomic mass is 19.1. The predicted octanol–water partition coefficient (Wildman–Crippen LogP) is 1.82. The summed E-state index contributed by atoms with van der Waals surface area (Å²) in [7, 11) is 1.89. The molecule has 1 aromatic rings. The Kier molecular flexibility index (Phi) is 5.04. The summed E-state index contributed by atoms with van der Waals surface area (Å²) in [6.07, 6.45) is 2.79. The van der Waals surface area contributed by atoms with Crippen molar-refractivity contribution in [3.63, 3.8) is 0 Å². The van der Waals surface area contributed by atoms with Gasteiger partial charge in [0.15, 0.2) is 0 Å². The van der Waals surface area contributed by atoms with Crippen LogP contribution in [-0.4, -0.2) is 30.3 Å². The minimum Gasteiger partial charge on any atom is -0.396 e. The van der Waals surface area contributed by atoms with E-state index in [9.17, 15) is 4.39 Å². The minimum absolute atomic E-state index is 0.238. The number of nitrogens with zero attached hydrogens (tertiary/aromatic N) is 2. The number of hydrogen-bond acceptors (Lipinski definition) is 3. The van der Waals surface area contributed by atoms with Crippen LogP contribution in [0.5, 0.6) is 0 Å². The number of unbranched alkanes of at least 4 members (excludes halogenated alkanes) is 2. The average molecular weight is 212 g/mol. The molecule has 84 valence electrons. The summed E-state index contributed by atoms with van der Waals surface area (Å²) < 4.78 is 12.8. The molecule has 0 unspecified atom stereocenters. The predicted molar refractivity (Wildman–Crippen MR) is 58.4 cm³/mol. The van der Waals surface area contributed by atoms with Crippen molar-refractivity contribution < 1.29 is 9.50 Å². The summed E-state index contributed by atoms with van der Waals surface area (Å²) in [5, 5.41) is 8.61. The van der Waals surface area contributed by atoms with E-state index in [0.717, 1.165) is 25.8 Å². The summed E-state index contributed by atoms with van der Waals surface area (Å²) in [6, 6.07) is 4.78. The van der Waals surface area contributed by atoms with Gasteiger partial charge in [-0.3, -0.25) is 0 Å². The molecule has 0 aromatic carbocycles. The fourth-order valence-corrected chi connectivity index (χ4v) is 1.36. The molecule has 4 heteroatoms. The van der Waals surface area contributed by atoms with Crippen molar-refractivity contribution in [1.29, 1.82) is 0 Å². The monoisotopic (exact) mass is 212 g/mol. The molecule has 0 saturated heterocycles. The number of aliphatic hydroxyl groups is 1. The fraction of sp³-hybridized carbons (Fsp3) is 0.545. The van der Waals surface area contributed by atoms with Crippen LogP contribution in [0.3, 0.4) is 0 Å². The van der Waals surface area contributed by atoms with Gasteiger partial charge in [-0.2, -0.15) is 4.39 Å². The molecule has 1 aromatic heterocycles. The van der Waals surface area contributed by atoms with Gasteiger partial charge in [0.05, 0.1) is 0 Å². The Hall–Kier alpha value is -1.16. The summed E-state index contributed by atoms with van der Waals surface area (Å²) in [5.41, 5.74) is 0. The maximum absolute atomic E-state index is 12.8. The van der Waals surface area contributed by atoms with Gasteiger partial charge in [0, 0.05) is 20.2 Å². The highest BCUT2D eigenvalue weighted by molar-refractivity contribution is 5.36. The largest absolute Gasteiger partial charge is 0.396 e. The number of hydrogen-bond donors (Lipinski definition) is 1. The molecule has 1 rings (SSSR count). The lowest BCUT2D eigenvalue weighted by molar-refractivity contribution is 0.283. The lowest BCUT2D eigenvalue weighted by Crippen LogP contribution is -2.19. The Labute approximate surface area is 89.6 Å². The first-order chi connectivity index (χ1) is 7.24. The lowest BCUT2D eigenvalue weighted by atomic mass is 10.2. The molecule has 0 amide bonds. The van der Waals surface area contributed by atoms with Crippen LogP contribution < -0.4 is 4.90 Å². The van der Waals surface area contributed by atoms with Crippen molar-refractivity contribution in [3.8, 4) is 0 Å². The molecule has 0 spiro atoms.